The van der Waals surface area contributed by atoms with Crippen LogP contribution in [0.1, 0.15) is 29.6 Å². The summed E-state index contributed by atoms with van der Waals surface area (Å²) in [6.45, 7) is 0.814. The maximum absolute atomic E-state index is 5.79. The number of nitrogens with one attached hydrogen (secondary N) is 1. The predicted octanol–water partition coefficient (Wildman–Crippen LogP) is 2.05. The number of aromatic nitrogens is 3. The summed E-state index contributed by atoms with van der Waals surface area (Å²) in [5, 5.41) is 6.40. The van der Waals surface area contributed by atoms with E-state index in [-0.39, 0.29) is 0 Å². The average molecular weight is 261 g/mol. The minimum absolute atomic E-state index is 0.521. The van der Waals surface area contributed by atoms with Crippen molar-refractivity contribution in [1.82, 2.24) is 15.0 Å². The van der Waals surface area contributed by atoms with Crippen LogP contribution in [0.4, 0.5) is 11.6 Å². The summed E-state index contributed by atoms with van der Waals surface area (Å²) in [6.07, 6.45) is 5.10. The molecule has 3 rings (SSSR count). The van der Waals surface area contributed by atoms with Gasteiger partial charge in [0, 0.05) is 36.5 Å². The number of nitrogens with zero attached hydrogens (tertiary/aromatic N) is 3. The second-order valence-corrected chi connectivity index (χ2v) is 5.39. The van der Waals surface area contributed by atoms with E-state index < -0.39 is 0 Å². The van der Waals surface area contributed by atoms with Crippen LogP contribution in [0.25, 0.3) is 0 Å². The molecule has 0 radical (unpaired) electrons. The summed E-state index contributed by atoms with van der Waals surface area (Å²) in [7, 11) is 0. The van der Waals surface area contributed by atoms with Crippen molar-refractivity contribution in [2.45, 2.75) is 25.2 Å². The van der Waals surface area contributed by atoms with Gasteiger partial charge in [0.1, 0.15) is 17.5 Å². The number of rotatable bonds is 5. The third-order valence-electron chi connectivity index (χ3n) is 2.83. The van der Waals surface area contributed by atoms with E-state index in [0.717, 1.165) is 29.6 Å². The topological polar surface area (TPSA) is 76.7 Å². The van der Waals surface area contributed by atoms with Crippen LogP contribution in [-0.4, -0.2) is 21.5 Å². The summed E-state index contributed by atoms with van der Waals surface area (Å²) >= 11 is 1.67. The standard InChI is InChI=1S/C12H15N5S/c13-9-7-10(17-12(16-9)8-1-2-8)14-4-3-11-15-5-6-18-11/h5-8H,1-4H2,(H3,13,14,16,17). The Morgan fingerprint density at radius 1 is 1.39 bits per heavy atom. The fourth-order valence-electron chi connectivity index (χ4n) is 1.77. The second kappa shape index (κ2) is 4.89. The van der Waals surface area contributed by atoms with Gasteiger partial charge in [0.05, 0.1) is 5.01 Å². The lowest BCUT2D eigenvalue weighted by atomic mass is 10.3. The van der Waals surface area contributed by atoms with Gasteiger partial charge < -0.3 is 11.1 Å². The molecule has 2 aromatic rings. The van der Waals surface area contributed by atoms with E-state index in [1.165, 1.54) is 12.8 Å². The SMILES string of the molecule is Nc1cc(NCCc2nccs2)nc(C2CC2)n1. The lowest BCUT2D eigenvalue weighted by Crippen LogP contribution is -2.09. The van der Waals surface area contributed by atoms with Gasteiger partial charge >= 0.3 is 0 Å². The highest BCUT2D eigenvalue weighted by molar-refractivity contribution is 7.09. The Balaban J connectivity index is 1.61. The number of hydrogen-bond acceptors (Lipinski definition) is 6. The molecule has 18 heavy (non-hydrogen) atoms. The third-order valence-corrected chi connectivity index (χ3v) is 3.67. The number of thiazole rings is 1. The van der Waals surface area contributed by atoms with Gasteiger partial charge in [0.15, 0.2) is 0 Å². The molecule has 0 unspecified atom stereocenters. The van der Waals surface area contributed by atoms with E-state index in [1.54, 1.807) is 17.4 Å². The zero-order valence-corrected chi connectivity index (χ0v) is 10.8. The molecular weight excluding hydrogens is 246 g/mol. The van der Waals surface area contributed by atoms with Crippen molar-refractivity contribution in [3.05, 3.63) is 28.5 Å². The predicted molar refractivity (Wildman–Crippen MR) is 72.7 cm³/mol. The van der Waals surface area contributed by atoms with Gasteiger partial charge in [-0.25, -0.2) is 15.0 Å². The Hall–Kier alpha value is -1.69. The van der Waals surface area contributed by atoms with Crippen LogP contribution in [0.15, 0.2) is 17.6 Å². The molecule has 1 saturated carbocycles. The summed E-state index contributed by atoms with van der Waals surface area (Å²) in [5.74, 6) is 2.77. The first kappa shape index (κ1) is 11.4. The van der Waals surface area contributed by atoms with Gasteiger partial charge in [-0.05, 0) is 12.8 Å². The highest BCUT2D eigenvalue weighted by Crippen LogP contribution is 2.38. The minimum atomic E-state index is 0.521. The number of nitrogens with two attached hydrogens (primary N) is 1. The van der Waals surface area contributed by atoms with Crippen molar-refractivity contribution in [1.29, 1.82) is 0 Å². The van der Waals surface area contributed by atoms with Crippen molar-refractivity contribution >= 4 is 23.0 Å². The largest absolute Gasteiger partial charge is 0.384 e. The Morgan fingerprint density at radius 2 is 2.28 bits per heavy atom. The van der Waals surface area contributed by atoms with Crippen LogP contribution in [0, 0.1) is 0 Å². The van der Waals surface area contributed by atoms with Crippen molar-refractivity contribution in [3.63, 3.8) is 0 Å². The van der Waals surface area contributed by atoms with E-state index in [0.29, 0.717) is 11.7 Å². The van der Waals surface area contributed by atoms with Gasteiger partial charge in [-0.15, -0.1) is 11.3 Å². The van der Waals surface area contributed by atoms with Crippen LogP contribution >= 0.6 is 11.3 Å². The van der Waals surface area contributed by atoms with Crippen LogP contribution in [-0.2, 0) is 6.42 Å². The van der Waals surface area contributed by atoms with Crippen LogP contribution in [0.3, 0.4) is 0 Å². The minimum Gasteiger partial charge on any atom is -0.384 e. The zero-order valence-electron chi connectivity index (χ0n) is 9.97. The van der Waals surface area contributed by atoms with Gasteiger partial charge in [0.25, 0.3) is 0 Å². The monoisotopic (exact) mass is 261 g/mol. The van der Waals surface area contributed by atoms with Crippen LogP contribution < -0.4 is 11.1 Å². The van der Waals surface area contributed by atoms with Crippen molar-refractivity contribution in [2.24, 2.45) is 0 Å². The summed E-state index contributed by atoms with van der Waals surface area (Å²) < 4.78 is 0. The van der Waals surface area contributed by atoms with E-state index in [4.69, 9.17) is 5.73 Å². The fourth-order valence-corrected chi connectivity index (χ4v) is 2.39. The van der Waals surface area contributed by atoms with Crippen molar-refractivity contribution in [3.8, 4) is 0 Å². The van der Waals surface area contributed by atoms with Crippen LogP contribution in [0.5, 0.6) is 0 Å². The fraction of sp³-hybridized carbons (Fsp3) is 0.417. The molecule has 0 aromatic carbocycles. The highest BCUT2D eigenvalue weighted by Gasteiger charge is 2.27. The smallest absolute Gasteiger partial charge is 0.136 e. The Labute approximate surface area is 109 Å². The Bertz CT molecular complexity index is 521. The molecule has 2 aromatic heterocycles. The second-order valence-electron chi connectivity index (χ2n) is 4.41. The maximum atomic E-state index is 5.79. The molecule has 1 fully saturated rings. The Morgan fingerprint density at radius 3 is 3.00 bits per heavy atom. The number of hydrogen-bond donors (Lipinski definition) is 2. The molecule has 5 nitrogen and oxygen atoms in total. The van der Waals surface area contributed by atoms with Gasteiger partial charge in [-0.2, -0.15) is 0 Å². The van der Waals surface area contributed by atoms with Gasteiger partial charge in [-0.1, -0.05) is 0 Å². The normalized spacial score (nSPS) is 14.7. The first-order valence-corrected chi connectivity index (χ1v) is 6.96. The molecule has 0 amide bonds. The quantitative estimate of drug-likeness (QED) is 0.861. The van der Waals surface area contributed by atoms with E-state index in [1.807, 2.05) is 11.6 Å². The zero-order chi connectivity index (χ0) is 12.4. The van der Waals surface area contributed by atoms with E-state index in [9.17, 15) is 0 Å². The summed E-state index contributed by atoms with van der Waals surface area (Å²) in [5.41, 5.74) is 5.79. The van der Waals surface area contributed by atoms with Crippen LogP contribution in [0.2, 0.25) is 0 Å². The molecule has 2 heterocycles. The first-order valence-electron chi connectivity index (χ1n) is 6.08. The van der Waals surface area contributed by atoms with Crippen molar-refractivity contribution in [2.75, 3.05) is 17.6 Å². The molecule has 94 valence electrons. The number of anilines is 2. The summed E-state index contributed by atoms with van der Waals surface area (Å²) in [6, 6.07) is 1.79. The highest BCUT2D eigenvalue weighted by atomic mass is 32.1. The average Bonchev–Trinajstić information content (AvgIpc) is 3.08. The lowest BCUT2D eigenvalue weighted by molar-refractivity contribution is 0.917. The molecule has 1 aliphatic carbocycles. The molecule has 6 heteroatoms. The molecule has 0 atom stereocenters. The van der Waals surface area contributed by atoms with Gasteiger partial charge in [-0.3, -0.25) is 0 Å². The number of nitrogen functional groups attached to an aromatic ring is 1. The molecule has 0 aliphatic heterocycles. The first-order chi connectivity index (χ1) is 8.81. The third kappa shape index (κ3) is 2.76. The van der Waals surface area contributed by atoms with Crippen molar-refractivity contribution < 1.29 is 0 Å². The molecule has 0 saturated heterocycles. The molecule has 3 N–H and O–H groups in total. The maximum Gasteiger partial charge on any atom is 0.136 e. The molecular formula is C12H15N5S. The Kier molecular flexibility index (Phi) is 3.10. The summed E-state index contributed by atoms with van der Waals surface area (Å²) in [4.78, 5) is 13.0. The molecule has 0 bridgehead atoms. The molecule has 1 aliphatic rings. The van der Waals surface area contributed by atoms with Gasteiger partial charge in [0.2, 0.25) is 0 Å². The lowest BCUT2D eigenvalue weighted by Gasteiger charge is -2.07. The van der Waals surface area contributed by atoms with E-state index in [2.05, 4.69) is 20.3 Å². The molecule has 0 spiro atoms. The van der Waals surface area contributed by atoms with E-state index >= 15 is 0 Å².